The molecule has 0 N–H and O–H groups in total. The fourth-order valence-electron chi connectivity index (χ4n) is 3.25. The Kier molecular flexibility index (Phi) is 4.10. The van der Waals surface area contributed by atoms with Crippen LogP contribution in [0, 0.1) is 5.92 Å². The quantitative estimate of drug-likeness (QED) is 0.832. The molecule has 0 radical (unpaired) electrons. The van der Waals surface area contributed by atoms with Gasteiger partial charge in [0.25, 0.3) is 5.91 Å². The highest BCUT2D eigenvalue weighted by atomic mass is 16.5. The molecular weight excluding hydrogens is 266 g/mol. The van der Waals surface area contributed by atoms with Crippen LogP contribution < -0.4 is 4.90 Å². The minimum Gasteiger partial charge on any atom is -0.378 e. The zero-order valence-corrected chi connectivity index (χ0v) is 12.8. The molecule has 1 aromatic rings. The van der Waals surface area contributed by atoms with Gasteiger partial charge in [-0.3, -0.25) is 4.79 Å². The number of ether oxygens (including phenoxy) is 1. The summed E-state index contributed by atoms with van der Waals surface area (Å²) >= 11 is 0. The molecule has 0 aromatic carbocycles. The van der Waals surface area contributed by atoms with E-state index >= 15 is 0 Å². The summed E-state index contributed by atoms with van der Waals surface area (Å²) in [6, 6.07) is 3.67. The number of carbonyl (C=O) groups excluding carboxylic acids is 1. The number of anilines is 1. The number of amides is 1. The van der Waals surface area contributed by atoms with Crippen LogP contribution in [0.4, 0.5) is 5.82 Å². The number of carbonyl (C=O) groups is 1. The summed E-state index contributed by atoms with van der Waals surface area (Å²) < 4.78 is 5.81. The van der Waals surface area contributed by atoms with Gasteiger partial charge in [0.15, 0.2) is 0 Å². The van der Waals surface area contributed by atoms with Crippen molar-refractivity contribution in [2.75, 3.05) is 38.7 Å². The van der Waals surface area contributed by atoms with E-state index in [-0.39, 0.29) is 5.91 Å². The zero-order chi connectivity index (χ0) is 14.8. The second-order valence-corrected chi connectivity index (χ2v) is 6.15. The summed E-state index contributed by atoms with van der Waals surface area (Å²) in [5, 5.41) is 0. The third kappa shape index (κ3) is 3.02. The SMILES string of the molecule is CN(C)c1cc(C(=O)N2CC[C@@H]3OCCC[C@@H]3C2)ccn1. The molecule has 1 aromatic heterocycles. The lowest BCUT2D eigenvalue weighted by molar-refractivity contribution is -0.0606. The van der Waals surface area contributed by atoms with Crippen molar-refractivity contribution in [3.05, 3.63) is 23.9 Å². The number of nitrogens with zero attached hydrogens (tertiary/aromatic N) is 3. The molecule has 5 nitrogen and oxygen atoms in total. The van der Waals surface area contributed by atoms with Gasteiger partial charge in [0.05, 0.1) is 6.10 Å². The second kappa shape index (κ2) is 6.02. The number of likely N-dealkylation sites (tertiary alicyclic amines) is 1. The Morgan fingerprint density at radius 1 is 1.43 bits per heavy atom. The summed E-state index contributed by atoms with van der Waals surface area (Å²) in [5.74, 6) is 1.44. The van der Waals surface area contributed by atoms with E-state index in [9.17, 15) is 4.79 Å². The van der Waals surface area contributed by atoms with E-state index < -0.39 is 0 Å². The molecule has 0 aliphatic carbocycles. The van der Waals surface area contributed by atoms with Crippen LogP contribution in [0.25, 0.3) is 0 Å². The van der Waals surface area contributed by atoms with Gasteiger partial charge < -0.3 is 14.5 Å². The molecule has 2 fully saturated rings. The summed E-state index contributed by atoms with van der Waals surface area (Å²) in [6.45, 7) is 2.49. The molecule has 21 heavy (non-hydrogen) atoms. The Morgan fingerprint density at radius 3 is 3.10 bits per heavy atom. The number of aromatic nitrogens is 1. The minimum absolute atomic E-state index is 0.115. The Hall–Kier alpha value is -1.62. The van der Waals surface area contributed by atoms with Crippen molar-refractivity contribution in [2.24, 2.45) is 5.92 Å². The topological polar surface area (TPSA) is 45.7 Å². The predicted octanol–water partition coefficient (Wildman–Crippen LogP) is 1.79. The standard InChI is InChI=1S/C16H23N3O2/c1-18(2)15-10-12(5-7-17-15)16(20)19-8-6-14-13(11-19)4-3-9-21-14/h5,7,10,13-14H,3-4,6,8-9,11H2,1-2H3/t13-,14+/m1/s1. The van der Waals surface area contributed by atoms with E-state index in [2.05, 4.69) is 4.98 Å². The highest BCUT2D eigenvalue weighted by Crippen LogP contribution is 2.29. The molecule has 0 unspecified atom stereocenters. The molecule has 114 valence electrons. The van der Waals surface area contributed by atoms with Crippen molar-refractivity contribution < 1.29 is 9.53 Å². The van der Waals surface area contributed by atoms with Gasteiger partial charge in [-0.25, -0.2) is 4.98 Å². The number of pyridine rings is 1. The normalized spacial score (nSPS) is 25.3. The minimum atomic E-state index is 0.115. The average molecular weight is 289 g/mol. The van der Waals surface area contributed by atoms with Crippen LogP contribution in [0.15, 0.2) is 18.3 Å². The Labute approximate surface area is 125 Å². The third-order valence-corrected chi connectivity index (χ3v) is 4.45. The first-order valence-electron chi connectivity index (χ1n) is 7.69. The van der Waals surface area contributed by atoms with Crippen molar-refractivity contribution in [3.63, 3.8) is 0 Å². The number of fused-ring (bicyclic) bond motifs is 1. The lowest BCUT2D eigenvalue weighted by Crippen LogP contribution is -2.48. The second-order valence-electron chi connectivity index (χ2n) is 6.15. The molecule has 2 aliphatic rings. The zero-order valence-electron chi connectivity index (χ0n) is 12.8. The van der Waals surface area contributed by atoms with Crippen molar-refractivity contribution in [2.45, 2.75) is 25.4 Å². The van der Waals surface area contributed by atoms with Gasteiger partial charge in [0.1, 0.15) is 5.82 Å². The molecule has 2 saturated heterocycles. The van der Waals surface area contributed by atoms with E-state index in [0.29, 0.717) is 12.0 Å². The van der Waals surface area contributed by atoms with Crippen LogP contribution in [0.5, 0.6) is 0 Å². The highest BCUT2D eigenvalue weighted by molar-refractivity contribution is 5.94. The fraction of sp³-hybridized carbons (Fsp3) is 0.625. The maximum Gasteiger partial charge on any atom is 0.254 e. The summed E-state index contributed by atoms with van der Waals surface area (Å²) in [6.07, 6.45) is 5.32. The number of hydrogen-bond acceptors (Lipinski definition) is 4. The first-order chi connectivity index (χ1) is 10.1. The largest absolute Gasteiger partial charge is 0.378 e. The van der Waals surface area contributed by atoms with E-state index in [1.807, 2.05) is 30.0 Å². The molecule has 3 rings (SSSR count). The van der Waals surface area contributed by atoms with Crippen molar-refractivity contribution in [1.82, 2.24) is 9.88 Å². The molecule has 0 bridgehead atoms. The first-order valence-corrected chi connectivity index (χ1v) is 7.69. The van der Waals surface area contributed by atoms with Crippen LogP contribution in [0.1, 0.15) is 29.6 Å². The molecular formula is C16H23N3O2. The maximum atomic E-state index is 12.7. The fourth-order valence-corrected chi connectivity index (χ4v) is 3.25. The highest BCUT2D eigenvalue weighted by Gasteiger charge is 2.34. The molecule has 5 heteroatoms. The van der Waals surface area contributed by atoms with Crippen LogP contribution in [-0.2, 0) is 4.74 Å². The third-order valence-electron chi connectivity index (χ3n) is 4.45. The molecule has 0 spiro atoms. The molecule has 0 saturated carbocycles. The Bertz CT molecular complexity index is 518. The molecule has 2 atom stereocenters. The van der Waals surface area contributed by atoms with Crippen LogP contribution in [-0.4, -0.2) is 55.7 Å². The Balaban J connectivity index is 1.72. The van der Waals surface area contributed by atoms with E-state index in [1.165, 1.54) is 6.42 Å². The average Bonchev–Trinajstić information content (AvgIpc) is 2.53. The van der Waals surface area contributed by atoms with Gasteiger partial charge in [0, 0.05) is 51.5 Å². The van der Waals surface area contributed by atoms with Crippen LogP contribution in [0.2, 0.25) is 0 Å². The van der Waals surface area contributed by atoms with Gasteiger partial charge in [-0.15, -0.1) is 0 Å². The summed E-state index contributed by atoms with van der Waals surface area (Å²) in [7, 11) is 3.86. The lowest BCUT2D eigenvalue weighted by atomic mass is 9.88. The first kappa shape index (κ1) is 14.3. The summed E-state index contributed by atoms with van der Waals surface area (Å²) in [5.41, 5.74) is 0.726. The molecule has 3 heterocycles. The van der Waals surface area contributed by atoms with Crippen LogP contribution in [0.3, 0.4) is 0 Å². The van der Waals surface area contributed by atoms with Gasteiger partial charge in [0.2, 0.25) is 0 Å². The number of rotatable bonds is 2. The summed E-state index contributed by atoms with van der Waals surface area (Å²) in [4.78, 5) is 20.8. The van der Waals surface area contributed by atoms with Gasteiger partial charge in [-0.05, 0) is 31.4 Å². The number of hydrogen-bond donors (Lipinski definition) is 0. The number of piperidine rings is 1. The van der Waals surface area contributed by atoms with Crippen molar-refractivity contribution in [1.29, 1.82) is 0 Å². The van der Waals surface area contributed by atoms with Gasteiger partial charge >= 0.3 is 0 Å². The van der Waals surface area contributed by atoms with Crippen molar-refractivity contribution in [3.8, 4) is 0 Å². The lowest BCUT2D eigenvalue weighted by Gasteiger charge is -2.41. The molecule has 2 aliphatic heterocycles. The van der Waals surface area contributed by atoms with E-state index in [4.69, 9.17) is 4.74 Å². The van der Waals surface area contributed by atoms with Crippen molar-refractivity contribution >= 4 is 11.7 Å². The Morgan fingerprint density at radius 2 is 2.29 bits per heavy atom. The van der Waals surface area contributed by atoms with Gasteiger partial charge in [-0.1, -0.05) is 0 Å². The van der Waals surface area contributed by atoms with E-state index in [1.54, 1.807) is 12.3 Å². The van der Waals surface area contributed by atoms with Crippen LogP contribution >= 0.6 is 0 Å². The van der Waals surface area contributed by atoms with E-state index in [0.717, 1.165) is 43.9 Å². The smallest absolute Gasteiger partial charge is 0.254 e. The monoisotopic (exact) mass is 289 g/mol. The van der Waals surface area contributed by atoms with Gasteiger partial charge in [-0.2, -0.15) is 0 Å². The predicted molar refractivity (Wildman–Crippen MR) is 81.5 cm³/mol. The molecule has 1 amide bonds. The maximum absolute atomic E-state index is 12.7.